The van der Waals surface area contributed by atoms with Gasteiger partial charge in [-0.1, -0.05) is 28.1 Å². The van der Waals surface area contributed by atoms with Crippen LogP contribution in [0.15, 0.2) is 57.9 Å². The fraction of sp³-hybridized carbons (Fsp3) is 0. The number of aromatic nitrogens is 1. The maximum absolute atomic E-state index is 13.9. The quantitative estimate of drug-likeness (QED) is 0.720. The van der Waals surface area contributed by atoms with Crippen molar-refractivity contribution in [2.24, 2.45) is 0 Å². The average Bonchev–Trinajstić information content (AvgIpc) is 2.43. The van der Waals surface area contributed by atoms with Crippen LogP contribution in [0.25, 0.3) is 22.0 Å². The molecule has 2 aromatic carbocycles. The molecule has 1 aromatic heterocycles. The predicted molar refractivity (Wildman–Crippen MR) is 77.7 cm³/mol. The van der Waals surface area contributed by atoms with Gasteiger partial charge in [-0.3, -0.25) is 4.79 Å². The van der Waals surface area contributed by atoms with Crippen LogP contribution < -0.4 is 5.43 Å². The van der Waals surface area contributed by atoms with Crippen LogP contribution in [0.2, 0.25) is 0 Å². The van der Waals surface area contributed by atoms with Gasteiger partial charge >= 0.3 is 0 Å². The molecule has 0 radical (unpaired) electrons. The van der Waals surface area contributed by atoms with E-state index in [1.54, 1.807) is 30.5 Å². The zero-order chi connectivity index (χ0) is 13.4. The molecule has 0 aliphatic carbocycles. The Balaban J connectivity index is 2.35. The number of rotatable bonds is 1. The second-order valence-electron chi connectivity index (χ2n) is 4.20. The van der Waals surface area contributed by atoms with Gasteiger partial charge in [0.15, 0.2) is 5.43 Å². The number of hydrogen-bond donors (Lipinski definition) is 1. The van der Waals surface area contributed by atoms with Gasteiger partial charge in [-0.15, -0.1) is 0 Å². The summed E-state index contributed by atoms with van der Waals surface area (Å²) >= 11 is 3.29. The molecule has 1 heterocycles. The van der Waals surface area contributed by atoms with Crippen LogP contribution in [0.1, 0.15) is 0 Å². The molecule has 4 heteroatoms. The van der Waals surface area contributed by atoms with Gasteiger partial charge < -0.3 is 4.98 Å². The number of para-hydroxylation sites is 1. The normalized spacial score (nSPS) is 10.8. The predicted octanol–water partition coefficient (Wildman–Crippen LogP) is 4.10. The van der Waals surface area contributed by atoms with E-state index >= 15 is 0 Å². The molecule has 0 saturated heterocycles. The number of halogens is 2. The van der Waals surface area contributed by atoms with Crippen LogP contribution in [-0.2, 0) is 0 Å². The van der Waals surface area contributed by atoms with Crippen molar-refractivity contribution in [1.29, 1.82) is 0 Å². The second kappa shape index (κ2) is 4.63. The summed E-state index contributed by atoms with van der Waals surface area (Å²) in [6.45, 7) is 0. The van der Waals surface area contributed by atoms with Crippen molar-refractivity contribution in [2.75, 3.05) is 0 Å². The minimum absolute atomic E-state index is 0.175. The highest BCUT2D eigenvalue weighted by Gasteiger charge is 2.11. The molecule has 0 aliphatic heterocycles. The Morgan fingerprint density at radius 1 is 1.05 bits per heavy atom. The van der Waals surface area contributed by atoms with E-state index in [1.807, 2.05) is 12.1 Å². The molecule has 0 bridgehead atoms. The van der Waals surface area contributed by atoms with E-state index in [2.05, 4.69) is 20.9 Å². The fourth-order valence-electron chi connectivity index (χ4n) is 2.07. The first-order valence-corrected chi connectivity index (χ1v) is 6.52. The first-order chi connectivity index (χ1) is 9.16. The van der Waals surface area contributed by atoms with Gasteiger partial charge in [-0.25, -0.2) is 4.39 Å². The van der Waals surface area contributed by atoms with Gasteiger partial charge in [0.1, 0.15) is 5.82 Å². The number of hydrogen-bond acceptors (Lipinski definition) is 1. The lowest BCUT2D eigenvalue weighted by atomic mass is 10.0. The van der Waals surface area contributed by atoms with Gasteiger partial charge in [0.05, 0.1) is 0 Å². The summed E-state index contributed by atoms with van der Waals surface area (Å²) in [5, 5.41) is 0.555. The third kappa shape index (κ3) is 2.08. The van der Waals surface area contributed by atoms with Gasteiger partial charge in [-0.2, -0.15) is 0 Å². The van der Waals surface area contributed by atoms with E-state index < -0.39 is 5.82 Å². The third-order valence-corrected chi connectivity index (χ3v) is 3.50. The zero-order valence-corrected chi connectivity index (χ0v) is 11.4. The molecule has 0 unspecified atom stereocenters. The minimum atomic E-state index is -0.413. The molecule has 0 saturated carbocycles. The van der Waals surface area contributed by atoms with Gasteiger partial charge in [0.2, 0.25) is 0 Å². The van der Waals surface area contributed by atoms with Gasteiger partial charge in [0.25, 0.3) is 0 Å². The van der Waals surface area contributed by atoms with Gasteiger partial charge in [0, 0.05) is 32.7 Å². The SMILES string of the molecule is O=c1c(-c2cc(Br)ccc2F)c[nH]c2ccccc12. The summed E-state index contributed by atoms with van der Waals surface area (Å²) in [7, 11) is 0. The minimum Gasteiger partial charge on any atom is -0.360 e. The summed E-state index contributed by atoms with van der Waals surface area (Å²) in [6.07, 6.45) is 1.55. The molecular weight excluding hydrogens is 309 g/mol. The first kappa shape index (κ1) is 12.1. The lowest BCUT2D eigenvalue weighted by Crippen LogP contribution is -2.07. The van der Waals surface area contributed by atoms with Crippen molar-refractivity contribution in [3.8, 4) is 11.1 Å². The number of H-pyrrole nitrogens is 1. The lowest BCUT2D eigenvalue weighted by molar-refractivity contribution is 0.631. The maximum Gasteiger partial charge on any atom is 0.197 e. The molecule has 0 amide bonds. The molecule has 3 aromatic rings. The summed E-state index contributed by atoms with van der Waals surface area (Å²) < 4.78 is 14.6. The lowest BCUT2D eigenvalue weighted by Gasteiger charge is -2.05. The summed E-state index contributed by atoms with van der Waals surface area (Å²) in [6, 6.07) is 11.7. The van der Waals surface area contributed by atoms with Crippen LogP contribution in [0.5, 0.6) is 0 Å². The highest BCUT2D eigenvalue weighted by atomic mass is 79.9. The molecule has 19 heavy (non-hydrogen) atoms. The molecule has 2 nitrogen and oxygen atoms in total. The zero-order valence-electron chi connectivity index (χ0n) is 9.78. The maximum atomic E-state index is 13.9. The first-order valence-electron chi connectivity index (χ1n) is 5.72. The number of pyridine rings is 1. The number of fused-ring (bicyclic) bond motifs is 1. The monoisotopic (exact) mass is 317 g/mol. The van der Waals surface area contributed by atoms with E-state index in [0.717, 1.165) is 9.99 Å². The largest absolute Gasteiger partial charge is 0.360 e. The summed E-state index contributed by atoms with van der Waals surface area (Å²) in [4.78, 5) is 15.4. The number of aromatic amines is 1. The molecule has 0 atom stereocenters. The van der Waals surface area contributed by atoms with Gasteiger partial charge in [-0.05, 0) is 30.3 Å². The second-order valence-corrected chi connectivity index (χ2v) is 5.12. The number of benzene rings is 2. The molecule has 0 spiro atoms. The van der Waals surface area contributed by atoms with Crippen LogP contribution >= 0.6 is 15.9 Å². The Bertz CT molecular complexity index is 826. The topological polar surface area (TPSA) is 32.9 Å². The summed E-state index contributed by atoms with van der Waals surface area (Å²) in [5.41, 5.74) is 1.19. The van der Waals surface area contributed by atoms with E-state index in [0.29, 0.717) is 16.5 Å². The van der Waals surface area contributed by atoms with E-state index in [-0.39, 0.29) is 5.43 Å². The van der Waals surface area contributed by atoms with Crippen LogP contribution in [0, 0.1) is 5.82 Å². The molecule has 0 fully saturated rings. The molecule has 94 valence electrons. The standard InChI is InChI=1S/C15H9BrFNO/c16-9-5-6-13(17)11(7-9)12-8-18-14-4-2-1-3-10(14)15(12)19/h1-8H,(H,18,19). The molecule has 1 N–H and O–H groups in total. The average molecular weight is 318 g/mol. The number of nitrogens with one attached hydrogen (secondary N) is 1. The molecule has 3 rings (SSSR count). The van der Waals surface area contributed by atoms with Crippen molar-refractivity contribution in [3.63, 3.8) is 0 Å². The van der Waals surface area contributed by atoms with E-state index in [9.17, 15) is 9.18 Å². The van der Waals surface area contributed by atoms with Crippen molar-refractivity contribution < 1.29 is 4.39 Å². The third-order valence-electron chi connectivity index (χ3n) is 3.01. The summed E-state index contributed by atoms with van der Waals surface area (Å²) in [5.74, 6) is -0.413. The van der Waals surface area contributed by atoms with Crippen LogP contribution in [-0.4, -0.2) is 4.98 Å². The Labute approximate surface area is 117 Å². The van der Waals surface area contributed by atoms with Crippen LogP contribution in [0.3, 0.4) is 0 Å². The molecule has 0 aliphatic rings. The fourth-order valence-corrected chi connectivity index (χ4v) is 2.43. The Kier molecular flexibility index (Phi) is 2.95. The van der Waals surface area contributed by atoms with Crippen molar-refractivity contribution in [1.82, 2.24) is 4.98 Å². The Hall–Kier alpha value is -1.94. The van der Waals surface area contributed by atoms with Crippen molar-refractivity contribution >= 4 is 26.8 Å². The highest BCUT2D eigenvalue weighted by Crippen LogP contribution is 2.24. The van der Waals surface area contributed by atoms with Crippen molar-refractivity contribution in [3.05, 3.63) is 69.2 Å². The van der Waals surface area contributed by atoms with E-state index in [1.165, 1.54) is 6.07 Å². The highest BCUT2D eigenvalue weighted by molar-refractivity contribution is 9.10. The van der Waals surface area contributed by atoms with E-state index in [4.69, 9.17) is 0 Å². The van der Waals surface area contributed by atoms with Crippen molar-refractivity contribution in [2.45, 2.75) is 0 Å². The molecular formula is C15H9BrFNO. The Morgan fingerprint density at radius 3 is 2.68 bits per heavy atom. The smallest absolute Gasteiger partial charge is 0.197 e. The van der Waals surface area contributed by atoms with Crippen LogP contribution in [0.4, 0.5) is 4.39 Å². The Morgan fingerprint density at radius 2 is 1.84 bits per heavy atom.